The van der Waals surface area contributed by atoms with Gasteiger partial charge >= 0.3 is 11.9 Å². The molecule has 3 aromatic rings. The maximum Gasteiger partial charge on any atom is 0.346 e. The van der Waals surface area contributed by atoms with Crippen LogP contribution in [0.25, 0.3) is 10.2 Å². The largest absolute Gasteiger partial charge is 0.480 e. The molecule has 2 heterocycles. The first kappa shape index (κ1) is 16.8. The monoisotopic (exact) mass is 358 g/mol. The molecule has 3 rings (SSSR count). The fourth-order valence-corrected chi connectivity index (χ4v) is 3.70. The smallest absolute Gasteiger partial charge is 0.346 e. The van der Waals surface area contributed by atoms with Crippen LogP contribution < -0.4 is 5.56 Å². The maximum absolute atomic E-state index is 12.8. The summed E-state index contributed by atoms with van der Waals surface area (Å²) in [5, 5.41) is 18.6. The Morgan fingerprint density at radius 1 is 1.20 bits per heavy atom. The Balaban J connectivity index is 2.25. The minimum absolute atomic E-state index is 0.0401. The van der Waals surface area contributed by atoms with Crippen molar-refractivity contribution in [2.24, 2.45) is 0 Å². The standard InChI is InChI=1S/C17H14N2O5S/c1-9-13-15(25-14(9)17(23)24)18-11(7-10-5-3-2-4-6-10)19(16(13)22)8-12(20)21/h2-6H,7-8H2,1H3,(H,20,21)(H,23,24). The van der Waals surface area contributed by atoms with Crippen molar-refractivity contribution >= 4 is 33.5 Å². The molecular formula is C17H14N2O5S. The van der Waals surface area contributed by atoms with Crippen LogP contribution in [-0.2, 0) is 17.8 Å². The van der Waals surface area contributed by atoms with Crippen molar-refractivity contribution in [1.29, 1.82) is 0 Å². The van der Waals surface area contributed by atoms with E-state index in [4.69, 9.17) is 5.11 Å². The lowest BCUT2D eigenvalue weighted by Gasteiger charge is -2.10. The van der Waals surface area contributed by atoms with Crippen molar-refractivity contribution < 1.29 is 19.8 Å². The fourth-order valence-electron chi connectivity index (χ4n) is 2.67. The summed E-state index contributed by atoms with van der Waals surface area (Å²) < 4.78 is 1.10. The van der Waals surface area contributed by atoms with Gasteiger partial charge in [0.1, 0.15) is 22.1 Å². The Morgan fingerprint density at radius 3 is 2.48 bits per heavy atom. The van der Waals surface area contributed by atoms with Gasteiger partial charge in [-0.25, -0.2) is 9.78 Å². The molecule has 0 radical (unpaired) electrons. The van der Waals surface area contributed by atoms with Crippen molar-refractivity contribution in [3.8, 4) is 0 Å². The lowest BCUT2D eigenvalue weighted by atomic mass is 10.1. The molecule has 128 valence electrons. The van der Waals surface area contributed by atoms with E-state index in [2.05, 4.69) is 4.98 Å². The molecule has 2 aromatic heterocycles. The quantitative estimate of drug-likeness (QED) is 0.723. The molecule has 0 saturated carbocycles. The number of hydrogen-bond acceptors (Lipinski definition) is 5. The van der Waals surface area contributed by atoms with Gasteiger partial charge in [0.15, 0.2) is 0 Å². The Bertz CT molecular complexity index is 1040. The van der Waals surface area contributed by atoms with Crippen LogP contribution in [0.2, 0.25) is 0 Å². The van der Waals surface area contributed by atoms with Gasteiger partial charge in [-0.2, -0.15) is 0 Å². The molecule has 0 spiro atoms. The number of nitrogens with zero attached hydrogens (tertiary/aromatic N) is 2. The molecule has 0 fully saturated rings. The predicted octanol–water partition coefficient (Wildman–Crippen LogP) is 2.14. The molecule has 0 aliphatic heterocycles. The highest BCUT2D eigenvalue weighted by atomic mass is 32.1. The van der Waals surface area contributed by atoms with E-state index in [1.165, 1.54) is 6.92 Å². The summed E-state index contributed by atoms with van der Waals surface area (Å²) in [5.74, 6) is -2.00. The zero-order chi connectivity index (χ0) is 18.1. The molecule has 0 aliphatic rings. The second kappa shape index (κ2) is 6.48. The van der Waals surface area contributed by atoms with Crippen molar-refractivity contribution in [3.63, 3.8) is 0 Å². The molecule has 25 heavy (non-hydrogen) atoms. The van der Waals surface area contributed by atoms with E-state index in [1.807, 2.05) is 30.3 Å². The van der Waals surface area contributed by atoms with Gasteiger partial charge in [-0.15, -0.1) is 11.3 Å². The molecule has 8 heteroatoms. The Morgan fingerprint density at radius 2 is 1.88 bits per heavy atom. The first-order valence-electron chi connectivity index (χ1n) is 7.40. The maximum atomic E-state index is 12.8. The van der Waals surface area contributed by atoms with Crippen LogP contribution in [0.3, 0.4) is 0 Å². The molecule has 0 aliphatic carbocycles. The Hall–Kier alpha value is -3.00. The van der Waals surface area contributed by atoms with E-state index in [0.29, 0.717) is 16.2 Å². The number of aliphatic carboxylic acids is 1. The number of thiophene rings is 1. The summed E-state index contributed by atoms with van der Waals surface area (Å²) in [6, 6.07) is 9.23. The Kier molecular flexibility index (Phi) is 4.37. The van der Waals surface area contributed by atoms with E-state index in [9.17, 15) is 19.5 Å². The number of fused-ring (bicyclic) bond motifs is 1. The third kappa shape index (κ3) is 3.16. The zero-order valence-electron chi connectivity index (χ0n) is 13.2. The van der Waals surface area contributed by atoms with Crippen LogP contribution in [0.1, 0.15) is 26.6 Å². The van der Waals surface area contributed by atoms with Crippen LogP contribution in [-0.4, -0.2) is 31.7 Å². The van der Waals surface area contributed by atoms with Gasteiger partial charge in [-0.1, -0.05) is 30.3 Å². The normalized spacial score (nSPS) is 10.9. The Labute approximate surface area is 145 Å². The number of aryl methyl sites for hydroxylation is 1. The summed E-state index contributed by atoms with van der Waals surface area (Å²) in [6.07, 6.45) is 0.276. The van der Waals surface area contributed by atoms with Crippen LogP contribution >= 0.6 is 11.3 Å². The predicted molar refractivity (Wildman–Crippen MR) is 92.5 cm³/mol. The lowest BCUT2D eigenvalue weighted by molar-refractivity contribution is -0.137. The highest BCUT2D eigenvalue weighted by Crippen LogP contribution is 2.27. The average Bonchev–Trinajstić information content (AvgIpc) is 2.89. The van der Waals surface area contributed by atoms with E-state index in [0.717, 1.165) is 21.5 Å². The number of rotatable bonds is 5. The summed E-state index contributed by atoms with van der Waals surface area (Å²) in [6.45, 7) is 1.01. The van der Waals surface area contributed by atoms with Crippen LogP contribution in [0, 0.1) is 6.92 Å². The summed E-state index contributed by atoms with van der Waals surface area (Å²) in [5.41, 5.74) is 0.662. The highest BCUT2D eigenvalue weighted by Gasteiger charge is 2.22. The summed E-state index contributed by atoms with van der Waals surface area (Å²) in [4.78, 5) is 40.1. The van der Waals surface area contributed by atoms with Crippen molar-refractivity contribution in [1.82, 2.24) is 9.55 Å². The molecule has 0 atom stereocenters. The van der Waals surface area contributed by atoms with Crippen molar-refractivity contribution in [2.45, 2.75) is 19.9 Å². The molecule has 0 amide bonds. The van der Waals surface area contributed by atoms with Gasteiger partial charge in [-0.05, 0) is 18.1 Å². The molecule has 7 nitrogen and oxygen atoms in total. The molecule has 0 bridgehead atoms. The van der Waals surface area contributed by atoms with Gasteiger partial charge in [0, 0.05) is 6.42 Å². The number of aromatic nitrogens is 2. The van der Waals surface area contributed by atoms with Crippen molar-refractivity contribution in [3.05, 3.63) is 62.5 Å². The van der Waals surface area contributed by atoms with Gasteiger partial charge < -0.3 is 10.2 Å². The zero-order valence-corrected chi connectivity index (χ0v) is 14.0. The number of aromatic carboxylic acids is 1. The van der Waals surface area contributed by atoms with Crippen LogP contribution in [0.5, 0.6) is 0 Å². The van der Waals surface area contributed by atoms with E-state index >= 15 is 0 Å². The van der Waals surface area contributed by atoms with Crippen LogP contribution in [0.15, 0.2) is 35.1 Å². The SMILES string of the molecule is Cc1c(C(=O)O)sc2nc(Cc3ccccc3)n(CC(=O)O)c(=O)c12. The van der Waals surface area contributed by atoms with Gasteiger partial charge in [0.25, 0.3) is 5.56 Å². The molecular weight excluding hydrogens is 344 g/mol. The lowest BCUT2D eigenvalue weighted by Crippen LogP contribution is -2.28. The second-order valence-electron chi connectivity index (χ2n) is 5.52. The number of carbonyl (C=O) groups is 2. The molecule has 0 saturated heterocycles. The minimum atomic E-state index is -1.16. The topological polar surface area (TPSA) is 109 Å². The number of carboxylic acid groups (broad SMARTS) is 2. The average molecular weight is 358 g/mol. The van der Waals surface area contributed by atoms with E-state index < -0.39 is 24.0 Å². The third-order valence-electron chi connectivity index (χ3n) is 3.82. The number of hydrogen-bond donors (Lipinski definition) is 2. The number of carboxylic acids is 2. The van der Waals surface area contributed by atoms with E-state index in [1.54, 1.807) is 0 Å². The van der Waals surface area contributed by atoms with Crippen LogP contribution in [0.4, 0.5) is 0 Å². The molecule has 1 aromatic carbocycles. The second-order valence-corrected chi connectivity index (χ2v) is 6.52. The highest BCUT2D eigenvalue weighted by molar-refractivity contribution is 7.20. The van der Waals surface area contributed by atoms with Gasteiger partial charge in [-0.3, -0.25) is 14.2 Å². The van der Waals surface area contributed by atoms with Gasteiger partial charge in [0.2, 0.25) is 0 Å². The first-order valence-corrected chi connectivity index (χ1v) is 8.22. The molecule has 0 unspecified atom stereocenters. The van der Waals surface area contributed by atoms with E-state index in [-0.39, 0.29) is 16.7 Å². The number of benzene rings is 1. The minimum Gasteiger partial charge on any atom is -0.480 e. The third-order valence-corrected chi connectivity index (χ3v) is 5.00. The van der Waals surface area contributed by atoms with Gasteiger partial charge in [0.05, 0.1) is 5.39 Å². The first-order chi connectivity index (χ1) is 11.9. The van der Waals surface area contributed by atoms with Crippen molar-refractivity contribution in [2.75, 3.05) is 0 Å². The fraction of sp³-hybridized carbons (Fsp3) is 0.176. The molecule has 2 N–H and O–H groups in total. The summed E-state index contributed by atoms with van der Waals surface area (Å²) >= 11 is 0.927. The summed E-state index contributed by atoms with van der Waals surface area (Å²) in [7, 11) is 0.